The van der Waals surface area contributed by atoms with Crippen molar-refractivity contribution < 1.29 is 18.0 Å². The number of aromatic nitrogens is 3. The summed E-state index contributed by atoms with van der Waals surface area (Å²) in [6.07, 6.45) is 7.10. The van der Waals surface area contributed by atoms with Crippen LogP contribution in [-0.4, -0.2) is 52.4 Å². The lowest BCUT2D eigenvalue weighted by Crippen LogP contribution is -2.37. The molecule has 1 saturated carbocycles. The van der Waals surface area contributed by atoms with E-state index >= 15 is 0 Å². The average molecular weight is 505 g/mol. The molecule has 0 radical (unpaired) electrons. The van der Waals surface area contributed by atoms with Crippen LogP contribution in [0.15, 0.2) is 35.9 Å². The highest BCUT2D eigenvalue weighted by Gasteiger charge is 2.23. The third-order valence-electron chi connectivity index (χ3n) is 6.19. The zero-order valence-corrected chi connectivity index (χ0v) is 20.4. The Bertz CT molecular complexity index is 1240. The largest absolute Gasteiger partial charge is 0.395 e. The molecule has 2 atom stereocenters. The molecule has 1 aliphatic carbocycles. The van der Waals surface area contributed by atoms with Crippen molar-refractivity contribution in [3.8, 4) is 11.4 Å². The summed E-state index contributed by atoms with van der Waals surface area (Å²) in [4.78, 5) is 21.1. The molecule has 7 N–H and O–H groups in total. The molecule has 0 aliphatic heterocycles. The van der Waals surface area contributed by atoms with E-state index in [1.165, 1.54) is 17.3 Å². The summed E-state index contributed by atoms with van der Waals surface area (Å²) in [5.41, 5.74) is 6.53. The molecular weight excluding hydrogens is 473 g/mol. The first-order valence-corrected chi connectivity index (χ1v) is 11.5. The topological polar surface area (TPSA) is 138 Å². The first kappa shape index (κ1) is 27.0. The van der Waals surface area contributed by atoms with Gasteiger partial charge in [-0.25, -0.2) is 29.0 Å². The summed E-state index contributed by atoms with van der Waals surface area (Å²) in [5, 5.41) is 8.03. The van der Waals surface area contributed by atoms with Crippen LogP contribution in [-0.2, 0) is 4.79 Å². The van der Waals surface area contributed by atoms with Crippen molar-refractivity contribution in [2.75, 3.05) is 19.4 Å². The Balaban J connectivity index is 0.000000345. The summed E-state index contributed by atoms with van der Waals surface area (Å²) in [7, 11) is 3.54. The highest BCUT2D eigenvalue weighted by molar-refractivity contribution is 5.94. The second-order valence-corrected chi connectivity index (χ2v) is 8.67. The number of aldehydes is 1. The molecule has 0 amide bonds. The van der Waals surface area contributed by atoms with Gasteiger partial charge in [0.1, 0.15) is 11.6 Å². The zero-order chi connectivity index (χ0) is 26.4. The summed E-state index contributed by atoms with van der Waals surface area (Å²) in [6.45, 7) is 1.67. The second-order valence-electron chi connectivity index (χ2n) is 8.67. The van der Waals surface area contributed by atoms with Crippen LogP contribution in [0, 0.1) is 17.5 Å². The number of carbonyl (C=O) groups is 1. The molecule has 0 spiro atoms. The number of anilines is 1. The number of fused-ring (bicyclic) bond motifs is 1. The number of rotatable bonds is 6. The Morgan fingerprint density at radius 1 is 1.22 bits per heavy atom. The van der Waals surface area contributed by atoms with Crippen molar-refractivity contribution in [1.82, 2.24) is 25.3 Å². The molecule has 1 aliphatic rings. The van der Waals surface area contributed by atoms with Gasteiger partial charge in [0.2, 0.25) is 0 Å². The summed E-state index contributed by atoms with van der Waals surface area (Å²) < 4.78 is 41.8. The van der Waals surface area contributed by atoms with Gasteiger partial charge in [-0.05, 0) is 45.7 Å². The Kier molecular flexibility index (Phi) is 8.88. The summed E-state index contributed by atoms with van der Waals surface area (Å²) in [5.74, 6) is 3.61. The molecule has 36 heavy (non-hydrogen) atoms. The molecule has 2 aromatic heterocycles. The van der Waals surface area contributed by atoms with Crippen LogP contribution in [0.5, 0.6) is 0 Å². The molecule has 9 nitrogen and oxygen atoms in total. The first-order chi connectivity index (χ1) is 17.1. The molecular formula is C24H31F3N8O. The number of nitrogens with one attached hydrogen (secondary N) is 3. The number of hydrazine groups is 1. The fraction of sp³-hybridized carbons (Fsp3) is 0.375. The maximum Gasteiger partial charge on any atom is 0.183 e. The van der Waals surface area contributed by atoms with Crippen LogP contribution < -0.4 is 22.2 Å². The van der Waals surface area contributed by atoms with Crippen LogP contribution >= 0.6 is 0 Å². The van der Waals surface area contributed by atoms with E-state index in [1.807, 2.05) is 7.05 Å². The second kappa shape index (κ2) is 11.9. The standard InChI is InChI=1S/C19H20F3N5.C5H11N3O/c1-23-11-3-2-4-12(7-11)26-19-16(22)9-25-18(27-19)14-8-24-17-13(14)5-10(20)6-15(17)21;1-4(8(2)7)5(6)3-9/h5-6,8-9,11-12,23-24H,2-4,7H2,1H3,(H,25,26,27);3H,6-7H2,1-2H3/b;5-4-/t11-,12+;/m1./s1. The quantitative estimate of drug-likeness (QED) is 0.149. The van der Waals surface area contributed by atoms with Crippen molar-refractivity contribution in [2.24, 2.45) is 11.6 Å². The Morgan fingerprint density at radius 2 is 1.94 bits per heavy atom. The third kappa shape index (κ3) is 6.32. The van der Waals surface area contributed by atoms with Crippen molar-refractivity contribution in [3.05, 3.63) is 53.4 Å². The maximum atomic E-state index is 14.3. The molecule has 12 heteroatoms. The lowest BCUT2D eigenvalue weighted by Gasteiger charge is -2.29. The zero-order valence-electron chi connectivity index (χ0n) is 20.4. The van der Waals surface area contributed by atoms with E-state index in [1.54, 1.807) is 14.0 Å². The molecule has 1 fully saturated rings. The SMILES string of the molecule is C/C(=C(/N)C=O)N(C)N.CN[C@@H]1CCC[C@H](Nc2nc(-c3c[nH]c4c(F)cc(F)cc34)ncc2F)C1. The molecule has 0 unspecified atom stereocenters. The Hall–Kier alpha value is -3.64. The monoisotopic (exact) mass is 504 g/mol. The van der Waals surface area contributed by atoms with Crippen LogP contribution in [0.3, 0.4) is 0 Å². The Labute approximate surface area is 207 Å². The third-order valence-corrected chi connectivity index (χ3v) is 6.19. The molecule has 4 rings (SSSR count). The minimum Gasteiger partial charge on any atom is -0.395 e. The van der Waals surface area contributed by atoms with Crippen LogP contribution in [0.1, 0.15) is 32.6 Å². The van der Waals surface area contributed by atoms with Crippen LogP contribution in [0.25, 0.3) is 22.3 Å². The fourth-order valence-corrected chi connectivity index (χ4v) is 4.00. The van der Waals surface area contributed by atoms with Gasteiger partial charge in [0.25, 0.3) is 0 Å². The molecule has 2 heterocycles. The number of carbonyl (C=O) groups excluding carboxylic acids is 1. The summed E-state index contributed by atoms with van der Waals surface area (Å²) >= 11 is 0. The Morgan fingerprint density at radius 3 is 2.58 bits per heavy atom. The van der Waals surface area contributed by atoms with Gasteiger partial charge in [0, 0.05) is 42.3 Å². The van der Waals surface area contributed by atoms with Crippen LogP contribution in [0.2, 0.25) is 0 Å². The normalized spacial score (nSPS) is 18.2. The lowest BCUT2D eigenvalue weighted by atomic mass is 9.91. The number of hydrogen-bond donors (Lipinski definition) is 5. The maximum absolute atomic E-state index is 14.3. The van der Waals surface area contributed by atoms with Crippen molar-refractivity contribution in [2.45, 2.75) is 44.7 Å². The minimum atomic E-state index is -0.697. The van der Waals surface area contributed by atoms with Gasteiger partial charge in [-0.2, -0.15) is 0 Å². The smallest absolute Gasteiger partial charge is 0.183 e. The van der Waals surface area contributed by atoms with Gasteiger partial charge in [-0.15, -0.1) is 0 Å². The molecule has 194 valence electrons. The number of allylic oxidation sites excluding steroid dienone is 2. The molecule has 1 aromatic carbocycles. The minimum absolute atomic E-state index is 0.103. The number of aromatic amines is 1. The predicted molar refractivity (Wildman–Crippen MR) is 133 cm³/mol. The number of H-pyrrole nitrogens is 1. The highest BCUT2D eigenvalue weighted by Crippen LogP contribution is 2.30. The number of hydrogen-bond acceptors (Lipinski definition) is 8. The predicted octanol–water partition coefficient (Wildman–Crippen LogP) is 3.17. The highest BCUT2D eigenvalue weighted by atomic mass is 19.1. The van der Waals surface area contributed by atoms with E-state index in [0.717, 1.165) is 37.9 Å². The number of nitrogens with two attached hydrogens (primary N) is 2. The number of nitrogens with zero attached hydrogens (tertiary/aromatic N) is 3. The van der Waals surface area contributed by atoms with Gasteiger partial charge in [0.15, 0.2) is 23.7 Å². The van der Waals surface area contributed by atoms with E-state index in [-0.39, 0.29) is 28.9 Å². The first-order valence-electron chi connectivity index (χ1n) is 11.5. The van der Waals surface area contributed by atoms with E-state index in [4.69, 9.17) is 11.6 Å². The van der Waals surface area contributed by atoms with Gasteiger partial charge in [-0.1, -0.05) is 0 Å². The average Bonchev–Trinajstić information content (AvgIpc) is 3.29. The van der Waals surface area contributed by atoms with Gasteiger partial charge in [0.05, 0.1) is 23.1 Å². The molecule has 0 saturated heterocycles. The van der Waals surface area contributed by atoms with Crippen molar-refractivity contribution >= 4 is 23.0 Å². The van der Waals surface area contributed by atoms with Crippen molar-refractivity contribution in [3.63, 3.8) is 0 Å². The van der Waals surface area contributed by atoms with E-state index in [9.17, 15) is 18.0 Å². The lowest BCUT2D eigenvalue weighted by molar-refractivity contribution is -0.105. The fourth-order valence-electron chi connectivity index (χ4n) is 4.00. The molecule has 0 bridgehead atoms. The molecule has 3 aromatic rings. The van der Waals surface area contributed by atoms with Crippen molar-refractivity contribution in [1.29, 1.82) is 0 Å². The van der Waals surface area contributed by atoms with Crippen LogP contribution in [0.4, 0.5) is 19.0 Å². The number of halogens is 3. The van der Waals surface area contributed by atoms with E-state index in [0.29, 0.717) is 29.0 Å². The van der Waals surface area contributed by atoms with E-state index in [2.05, 4.69) is 25.6 Å². The summed E-state index contributed by atoms with van der Waals surface area (Å²) in [6, 6.07) is 2.51. The van der Waals surface area contributed by atoms with Gasteiger partial charge >= 0.3 is 0 Å². The van der Waals surface area contributed by atoms with Gasteiger partial charge < -0.3 is 26.4 Å². The number of benzene rings is 1. The van der Waals surface area contributed by atoms with E-state index < -0.39 is 17.5 Å². The van der Waals surface area contributed by atoms with Gasteiger partial charge in [-0.3, -0.25) is 4.79 Å².